The first-order valence-corrected chi connectivity index (χ1v) is 6.53. The lowest BCUT2D eigenvalue weighted by atomic mass is 10.1. The molecule has 0 unspecified atom stereocenters. The average molecular weight is 309 g/mol. The second-order valence-electron chi connectivity index (χ2n) is 4.46. The van der Waals surface area contributed by atoms with Gasteiger partial charge in [-0.15, -0.1) is 0 Å². The molecule has 1 aliphatic heterocycles. The normalized spacial score (nSPS) is 14.3. The number of benzene rings is 1. The summed E-state index contributed by atoms with van der Waals surface area (Å²) in [5, 5.41) is 8.57. The summed E-state index contributed by atoms with van der Waals surface area (Å²) < 4.78 is 14.7. The van der Waals surface area contributed by atoms with Crippen molar-refractivity contribution in [2.45, 2.75) is 0 Å². The predicted octanol–water partition coefficient (Wildman–Crippen LogP) is 0.300. The van der Waals surface area contributed by atoms with Crippen LogP contribution in [0.15, 0.2) is 18.2 Å². The Morgan fingerprint density at radius 2 is 1.91 bits per heavy atom. The van der Waals surface area contributed by atoms with Crippen LogP contribution in [-0.2, 0) is 19.1 Å². The molecule has 1 heterocycles. The van der Waals surface area contributed by atoms with Crippen molar-refractivity contribution < 1.29 is 33.7 Å². The Morgan fingerprint density at radius 3 is 2.50 bits per heavy atom. The van der Waals surface area contributed by atoms with Gasteiger partial charge in [-0.2, -0.15) is 0 Å². The third-order valence-corrected chi connectivity index (χ3v) is 3.11. The second-order valence-corrected chi connectivity index (χ2v) is 4.46. The van der Waals surface area contributed by atoms with E-state index in [1.54, 1.807) is 0 Å². The van der Waals surface area contributed by atoms with Gasteiger partial charge in [-0.3, -0.25) is 0 Å². The molecule has 0 aromatic heterocycles. The summed E-state index contributed by atoms with van der Waals surface area (Å²) in [5.74, 6) is -3.57. The number of hydrogen-bond donors (Lipinski definition) is 1. The van der Waals surface area contributed by atoms with Crippen LogP contribution in [0.3, 0.4) is 0 Å². The van der Waals surface area contributed by atoms with Crippen molar-refractivity contribution in [1.29, 1.82) is 0 Å². The van der Waals surface area contributed by atoms with Gasteiger partial charge in [0.05, 0.1) is 31.6 Å². The number of hydrogen-bond acceptors (Lipinski definition) is 7. The number of carboxylic acid groups (broad SMARTS) is 1. The van der Waals surface area contributed by atoms with Gasteiger partial charge >= 0.3 is 17.9 Å². The summed E-state index contributed by atoms with van der Waals surface area (Å²) in [6.45, 7) is 2.11. The van der Waals surface area contributed by atoms with Crippen LogP contribution in [0.2, 0.25) is 0 Å². The first kappa shape index (κ1) is 15.8. The summed E-state index contributed by atoms with van der Waals surface area (Å²) in [7, 11) is 1.27. The van der Waals surface area contributed by atoms with Gasteiger partial charge in [0.2, 0.25) is 0 Å². The maximum Gasteiger partial charge on any atom is 0.422 e. The van der Waals surface area contributed by atoms with E-state index in [1.165, 1.54) is 25.3 Å². The highest BCUT2D eigenvalue weighted by molar-refractivity contribution is 6.29. The number of morpholine rings is 1. The first-order chi connectivity index (χ1) is 10.5. The first-order valence-electron chi connectivity index (χ1n) is 6.53. The Bertz CT molecular complexity index is 593. The summed E-state index contributed by atoms with van der Waals surface area (Å²) in [6, 6.07) is 4.22. The molecule has 8 heteroatoms. The van der Waals surface area contributed by atoms with Crippen molar-refractivity contribution in [3.8, 4) is 5.75 Å². The van der Waals surface area contributed by atoms with Crippen LogP contribution in [0.1, 0.15) is 10.4 Å². The van der Waals surface area contributed by atoms with Gasteiger partial charge in [-0.25, -0.2) is 14.4 Å². The number of carboxylic acids is 1. The van der Waals surface area contributed by atoms with Crippen molar-refractivity contribution in [1.82, 2.24) is 0 Å². The van der Waals surface area contributed by atoms with Crippen LogP contribution in [0.5, 0.6) is 5.75 Å². The Balaban J connectivity index is 2.33. The van der Waals surface area contributed by atoms with Crippen molar-refractivity contribution in [2.75, 3.05) is 38.3 Å². The molecule has 1 aromatic rings. The van der Waals surface area contributed by atoms with E-state index < -0.39 is 17.9 Å². The molecule has 1 fully saturated rings. The Kier molecular flexibility index (Phi) is 4.95. The largest absolute Gasteiger partial charge is 0.473 e. The molecule has 2 rings (SSSR count). The predicted molar refractivity (Wildman–Crippen MR) is 74.1 cm³/mol. The number of rotatable bonds is 3. The van der Waals surface area contributed by atoms with E-state index in [1.807, 2.05) is 4.90 Å². The zero-order chi connectivity index (χ0) is 16.1. The number of ether oxygens (including phenoxy) is 3. The SMILES string of the molecule is COC(=O)c1ccc(OC(=O)C(=O)O)cc1N1CCOCC1. The molecule has 0 spiro atoms. The lowest BCUT2D eigenvalue weighted by Gasteiger charge is -2.30. The Labute approximate surface area is 126 Å². The van der Waals surface area contributed by atoms with Gasteiger partial charge < -0.3 is 24.2 Å². The fraction of sp³-hybridized carbons (Fsp3) is 0.357. The summed E-state index contributed by atoms with van der Waals surface area (Å²) in [6.07, 6.45) is 0. The van der Waals surface area contributed by atoms with Crippen molar-refractivity contribution in [2.24, 2.45) is 0 Å². The third kappa shape index (κ3) is 3.53. The fourth-order valence-electron chi connectivity index (χ4n) is 2.07. The zero-order valence-corrected chi connectivity index (χ0v) is 11.9. The maximum atomic E-state index is 11.8. The Morgan fingerprint density at radius 1 is 1.23 bits per heavy atom. The van der Waals surface area contributed by atoms with Crippen molar-refractivity contribution >= 4 is 23.6 Å². The van der Waals surface area contributed by atoms with Crippen LogP contribution >= 0.6 is 0 Å². The van der Waals surface area contributed by atoms with Gasteiger partial charge in [-0.1, -0.05) is 0 Å². The molecule has 1 aromatic carbocycles. The summed E-state index contributed by atoms with van der Waals surface area (Å²) in [5.41, 5.74) is 0.811. The highest BCUT2D eigenvalue weighted by atomic mass is 16.6. The van der Waals surface area contributed by atoms with Crippen LogP contribution in [-0.4, -0.2) is 56.4 Å². The third-order valence-electron chi connectivity index (χ3n) is 3.11. The molecule has 1 saturated heterocycles. The highest BCUT2D eigenvalue weighted by Gasteiger charge is 2.22. The van der Waals surface area contributed by atoms with Crippen molar-refractivity contribution in [3.63, 3.8) is 0 Å². The molecule has 22 heavy (non-hydrogen) atoms. The van der Waals surface area contributed by atoms with E-state index in [0.29, 0.717) is 37.6 Å². The average Bonchev–Trinajstić information content (AvgIpc) is 2.54. The van der Waals surface area contributed by atoms with Gasteiger partial charge in [0.15, 0.2) is 0 Å². The van der Waals surface area contributed by atoms with Crippen LogP contribution < -0.4 is 9.64 Å². The van der Waals surface area contributed by atoms with Gasteiger partial charge in [0.25, 0.3) is 0 Å². The lowest BCUT2D eigenvalue weighted by molar-refractivity contribution is -0.158. The van der Waals surface area contributed by atoms with Crippen LogP contribution in [0.4, 0.5) is 5.69 Å². The smallest absolute Gasteiger partial charge is 0.422 e. The minimum absolute atomic E-state index is 0.0431. The standard InChI is InChI=1S/C14H15NO7/c1-20-13(18)10-3-2-9(22-14(19)12(16)17)8-11(10)15-4-6-21-7-5-15/h2-3,8H,4-7H2,1H3,(H,16,17). The molecule has 0 saturated carbocycles. The minimum Gasteiger partial charge on any atom is -0.473 e. The fourth-order valence-corrected chi connectivity index (χ4v) is 2.07. The van der Waals surface area contributed by atoms with E-state index in [4.69, 9.17) is 19.3 Å². The minimum atomic E-state index is -1.69. The molecule has 1 N–H and O–H groups in total. The number of carbonyl (C=O) groups excluding carboxylic acids is 2. The van der Waals surface area contributed by atoms with E-state index in [-0.39, 0.29) is 5.75 Å². The number of methoxy groups -OCH3 is 1. The lowest BCUT2D eigenvalue weighted by Crippen LogP contribution is -2.37. The molecule has 0 radical (unpaired) electrons. The molecule has 8 nitrogen and oxygen atoms in total. The monoisotopic (exact) mass is 309 g/mol. The zero-order valence-electron chi connectivity index (χ0n) is 11.9. The number of esters is 2. The van der Waals surface area contributed by atoms with Crippen LogP contribution in [0.25, 0.3) is 0 Å². The number of anilines is 1. The molecule has 118 valence electrons. The number of aliphatic carboxylic acids is 1. The molecular formula is C14H15NO7. The molecule has 0 amide bonds. The van der Waals surface area contributed by atoms with Crippen molar-refractivity contribution in [3.05, 3.63) is 23.8 Å². The van der Waals surface area contributed by atoms with Gasteiger partial charge in [0.1, 0.15) is 5.75 Å². The molecule has 1 aliphatic rings. The van der Waals surface area contributed by atoms with Gasteiger partial charge in [0, 0.05) is 19.2 Å². The van der Waals surface area contributed by atoms with E-state index in [9.17, 15) is 14.4 Å². The van der Waals surface area contributed by atoms with Crippen LogP contribution in [0, 0.1) is 0 Å². The molecular weight excluding hydrogens is 294 g/mol. The maximum absolute atomic E-state index is 11.8. The molecule has 0 bridgehead atoms. The topological polar surface area (TPSA) is 102 Å². The van der Waals surface area contributed by atoms with E-state index >= 15 is 0 Å². The highest BCUT2D eigenvalue weighted by Crippen LogP contribution is 2.28. The van der Waals surface area contributed by atoms with E-state index in [0.717, 1.165) is 0 Å². The summed E-state index contributed by atoms with van der Waals surface area (Å²) >= 11 is 0. The number of carbonyl (C=O) groups is 3. The number of nitrogens with zero attached hydrogens (tertiary/aromatic N) is 1. The quantitative estimate of drug-likeness (QED) is 0.483. The Hall–Kier alpha value is -2.61. The molecule has 0 atom stereocenters. The van der Waals surface area contributed by atoms with Gasteiger partial charge in [-0.05, 0) is 12.1 Å². The second kappa shape index (κ2) is 6.90. The molecule has 0 aliphatic carbocycles. The summed E-state index contributed by atoms with van der Waals surface area (Å²) in [4.78, 5) is 35.4. The van der Waals surface area contributed by atoms with E-state index in [2.05, 4.69) is 0 Å².